The first-order valence-electron chi connectivity index (χ1n) is 5.82. The van der Waals surface area contributed by atoms with Gasteiger partial charge in [0, 0.05) is 12.6 Å². The third kappa shape index (κ3) is 2.23. The van der Waals surface area contributed by atoms with Gasteiger partial charge in [0.05, 0.1) is 16.9 Å². The second-order valence-corrected chi connectivity index (χ2v) is 4.61. The Kier molecular flexibility index (Phi) is 3.82. The molecule has 1 aliphatic heterocycles. The number of rotatable bonds is 4. The average Bonchev–Trinajstić information content (AvgIpc) is 2.88. The Morgan fingerprint density at radius 1 is 1.75 bits per heavy atom. The van der Waals surface area contributed by atoms with Crippen molar-refractivity contribution in [1.82, 2.24) is 15.1 Å². The summed E-state index contributed by atoms with van der Waals surface area (Å²) in [7, 11) is 0. The van der Waals surface area contributed by atoms with Crippen LogP contribution < -0.4 is 5.32 Å². The Labute approximate surface area is 100.0 Å². The maximum Gasteiger partial charge on any atom is 0.158 e. The molecule has 2 heterocycles. The fraction of sp³-hybridized carbons (Fsp3) is 0.727. The zero-order chi connectivity index (χ0) is 11.5. The van der Waals surface area contributed by atoms with Gasteiger partial charge in [0.15, 0.2) is 6.17 Å². The predicted octanol–water partition coefficient (Wildman–Crippen LogP) is 2.71. The first-order chi connectivity index (χ1) is 7.74. The minimum atomic E-state index is -1.05. The molecule has 1 N–H and O–H groups in total. The second-order valence-electron chi connectivity index (χ2n) is 4.21. The van der Waals surface area contributed by atoms with Gasteiger partial charge in [-0.3, -0.25) is 4.68 Å². The van der Waals surface area contributed by atoms with Crippen molar-refractivity contribution in [3.63, 3.8) is 0 Å². The van der Waals surface area contributed by atoms with E-state index in [-0.39, 0.29) is 6.04 Å². The van der Waals surface area contributed by atoms with Crippen molar-refractivity contribution in [3.05, 3.63) is 16.9 Å². The molecule has 0 radical (unpaired) electrons. The predicted molar refractivity (Wildman–Crippen MR) is 62.4 cm³/mol. The van der Waals surface area contributed by atoms with Crippen LogP contribution in [0.25, 0.3) is 0 Å². The van der Waals surface area contributed by atoms with Crippen molar-refractivity contribution in [2.75, 3.05) is 6.54 Å². The summed E-state index contributed by atoms with van der Waals surface area (Å²) in [5, 5.41) is 7.72. The monoisotopic (exact) mass is 245 g/mol. The van der Waals surface area contributed by atoms with Gasteiger partial charge in [-0.05, 0) is 25.8 Å². The van der Waals surface area contributed by atoms with Crippen LogP contribution in [-0.4, -0.2) is 22.4 Å². The lowest BCUT2D eigenvalue weighted by atomic mass is 10.1. The van der Waals surface area contributed by atoms with Gasteiger partial charge in [-0.25, -0.2) is 4.39 Å². The van der Waals surface area contributed by atoms with Crippen LogP contribution in [-0.2, 0) is 6.54 Å². The van der Waals surface area contributed by atoms with Crippen LogP contribution in [0.2, 0.25) is 5.02 Å². The number of aryl methyl sites for hydroxylation is 1. The summed E-state index contributed by atoms with van der Waals surface area (Å²) in [6, 6.07) is -0.107. The summed E-state index contributed by atoms with van der Waals surface area (Å²) in [6.45, 7) is 3.65. The zero-order valence-corrected chi connectivity index (χ0v) is 10.2. The van der Waals surface area contributed by atoms with Crippen LogP contribution in [0.3, 0.4) is 0 Å². The highest BCUT2D eigenvalue weighted by molar-refractivity contribution is 6.31. The van der Waals surface area contributed by atoms with Crippen molar-refractivity contribution in [2.24, 2.45) is 0 Å². The summed E-state index contributed by atoms with van der Waals surface area (Å²) >= 11 is 6.00. The smallest absolute Gasteiger partial charge is 0.158 e. The molecule has 2 rings (SSSR count). The molecule has 90 valence electrons. The van der Waals surface area contributed by atoms with Crippen LogP contribution in [0.5, 0.6) is 0 Å². The lowest BCUT2D eigenvalue weighted by molar-refractivity contribution is 0.254. The Hall–Kier alpha value is -0.610. The first-order valence-corrected chi connectivity index (χ1v) is 6.20. The van der Waals surface area contributed by atoms with Crippen molar-refractivity contribution in [1.29, 1.82) is 0 Å². The number of hydrogen-bond acceptors (Lipinski definition) is 2. The summed E-state index contributed by atoms with van der Waals surface area (Å²) in [6.07, 6.45) is 3.31. The zero-order valence-electron chi connectivity index (χ0n) is 9.42. The molecule has 1 aliphatic rings. The van der Waals surface area contributed by atoms with E-state index in [9.17, 15) is 4.39 Å². The van der Waals surface area contributed by atoms with Crippen molar-refractivity contribution < 1.29 is 4.39 Å². The molecule has 0 aromatic carbocycles. The summed E-state index contributed by atoms with van der Waals surface area (Å²) in [5.74, 6) is 0. The van der Waals surface area contributed by atoms with Gasteiger partial charge in [-0.15, -0.1) is 0 Å². The lowest BCUT2D eigenvalue weighted by Crippen LogP contribution is -2.28. The van der Waals surface area contributed by atoms with Gasteiger partial charge < -0.3 is 5.32 Å². The SMILES string of the molecule is CCCn1ncc(Cl)c1C(F)C1CCCN1. The van der Waals surface area contributed by atoms with E-state index in [0.717, 1.165) is 32.4 Å². The third-order valence-corrected chi connectivity index (χ3v) is 3.27. The molecule has 1 saturated heterocycles. The van der Waals surface area contributed by atoms with E-state index in [1.165, 1.54) is 6.20 Å². The highest BCUT2D eigenvalue weighted by Crippen LogP contribution is 2.31. The third-order valence-electron chi connectivity index (χ3n) is 2.98. The van der Waals surface area contributed by atoms with Gasteiger partial charge in [0.2, 0.25) is 0 Å². The molecule has 16 heavy (non-hydrogen) atoms. The maximum absolute atomic E-state index is 14.3. The van der Waals surface area contributed by atoms with Gasteiger partial charge in [-0.2, -0.15) is 5.10 Å². The number of nitrogens with zero attached hydrogens (tertiary/aromatic N) is 2. The Morgan fingerprint density at radius 3 is 3.19 bits per heavy atom. The van der Waals surface area contributed by atoms with E-state index >= 15 is 0 Å². The van der Waals surface area contributed by atoms with Crippen LogP contribution in [0.1, 0.15) is 38.1 Å². The molecule has 0 saturated carbocycles. The molecule has 2 atom stereocenters. The van der Waals surface area contributed by atoms with E-state index in [0.29, 0.717) is 10.7 Å². The molecule has 0 spiro atoms. The highest BCUT2D eigenvalue weighted by atomic mass is 35.5. The van der Waals surface area contributed by atoms with Gasteiger partial charge >= 0.3 is 0 Å². The van der Waals surface area contributed by atoms with E-state index in [1.807, 2.05) is 6.92 Å². The van der Waals surface area contributed by atoms with Crippen LogP contribution >= 0.6 is 11.6 Å². The lowest BCUT2D eigenvalue weighted by Gasteiger charge is -2.17. The fourth-order valence-electron chi connectivity index (χ4n) is 2.19. The maximum atomic E-state index is 14.3. The summed E-state index contributed by atoms with van der Waals surface area (Å²) < 4.78 is 16.0. The number of hydrogen-bond donors (Lipinski definition) is 1. The minimum Gasteiger partial charge on any atom is -0.311 e. The van der Waals surface area contributed by atoms with E-state index in [2.05, 4.69) is 10.4 Å². The molecule has 0 amide bonds. The molecular weight excluding hydrogens is 229 g/mol. The van der Waals surface area contributed by atoms with Crippen LogP contribution in [0.4, 0.5) is 4.39 Å². The largest absolute Gasteiger partial charge is 0.311 e. The number of nitrogens with one attached hydrogen (secondary N) is 1. The number of alkyl halides is 1. The summed E-state index contributed by atoms with van der Waals surface area (Å²) in [4.78, 5) is 0. The minimum absolute atomic E-state index is 0.107. The number of aromatic nitrogens is 2. The average molecular weight is 246 g/mol. The normalized spacial score (nSPS) is 22.6. The summed E-state index contributed by atoms with van der Waals surface area (Å²) in [5.41, 5.74) is 0.530. The topological polar surface area (TPSA) is 29.9 Å². The Balaban J connectivity index is 2.19. The van der Waals surface area contributed by atoms with Gasteiger partial charge in [0.25, 0.3) is 0 Å². The fourth-order valence-corrected chi connectivity index (χ4v) is 2.43. The van der Waals surface area contributed by atoms with Crippen molar-refractivity contribution in [2.45, 2.75) is 44.9 Å². The molecule has 1 fully saturated rings. The molecule has 1 aromatic heterocycles. The van der Waals surface area contributed by atoms with E-state index in [1.54, 1.807) is 4.68 Å². The van der Waals surface area contributed by atoms with Gasteiger partial charge in [0.1, 0.15) is 0 Å². The molecular formula is C11H17ClFN3. The molecule has 3 nitrogen and oxygen atoms in total. The molecule has 1 aromatic rings. The molecule has 5 heteroatoms. The number of halogens is 2. The highest BCUT2D eigenvalue weighted by Gasteiger charge is 2.30. The van der Waals surface area contributed by atoms with E-state index < -0.39 is 6.17 Å². The van der Waals surface area contributed by atoms with Gasteiger partial charge in [-0.1, -0.05) is 18.5 Å². The van der Waals surface area contributed by atoms with Crippen LogP contribution in [0.15, 0.2) is 6.20 Å². The molecule has 2 unspecified atom stereocenters. The molecule has 0 aliphatic carbocycles. The van der Waals surface area contributed by atoms with Crippen LogP contribution in [0, 0.1) is 0 Å². The first kappa shape index (κ1) is 11.9. The second kappa shape index (κ2) is 5.15. The Bertz CT molecular complexity index is 347. The quantitative estimate of drug-likeness (QED) is 0.884. The molecule has 0 bridgehead atoms. The van der Waals surface area contributed by atoms with E-state index in [4.69, 9.17) is 11.6 Å². The Morgan fingerprint density at radius 2 is 2.56 bits per heavy atom. The standard InChI is InChI=1S/C11H17ClFN3/c1-2-6-16-11(8(12)7-15-16)10(13)9-4-3-5-14-9/h7,9-10,14H,2-6H2,1H3. The van der Waals surface area contributed by atoms with Crippen molar-refractivity contribution >= 4 is 11.6 Å². The van der Waals surface area contributed by atoms with Crippen molar-refractivity contribution in [3.8, 4) is 0 Å².